The number of nitrogens with one attached hydrogen (secondary N) is 1. The standard InChI is InChI=1S/C16H23N5O/c1-12(2)16-20-19-11-21(16)9-8-18-15(22)10-14(17)13-6-4-3-5-7-13/h3-7,11-12,14H,8-10,17H2,1-2H3,(H,18,22). The van der Waals surface area contributed by atoms with E-state index in [-0.39, 0.29) is 18.4 Å². The number of hydrogen-bond donors (Lipinski definition) is 2. The van der Waals surface area contributed by atoms with E-state index in [2.05, 4.69) is 29.4 Å². The number of rotatable bonds is 7. The first-order valence-electron chi connectivity index (χ1n) is 7.53. The molecule has 0 radical (unpaired) electrons. The molecule has 1 heterocycles. The molecule has 1 atom stereocenters. The highest BCUT2D eigenvalue weighted by molar-refractivity contribution is 5.76. The van der Waals surface area contributed by atoms with Gasteiger partial charge in [0, 0.05) is 31.5 Å². The van der Waals surface area contributed by atoms with Gasteiger partial charge >= 0.3 is 0 Å². The summed E-state index contributed by atoms with van der Waals surface area (Å²) in [6.45, 7) is 5.33. The summed E-state index contributed by atoms with van der Waals surface area (Å²) in [5.41, 5.74) is 7.01. The second kappa shape index (κ2) is 7.70. The maximum atomic E-state index is 11.9. The van der Waals surface area contributed by atoms with Crippen LogP contribution in [-0.2, 0) is 11.3 Å². The van der Waals surface area contributed by atoms with Crippen molar-refractivity contribution in [2.75, 3.05) is 6.54 Å². The van der Waals surface area contributed by atoms with Gasteiger partial charge in [-0.3, -0.25) is 4.79 Å². The van der Waals surface area contributed by atoms with Crippen LogP contribution in [0.15, 0.2) is 36.7 Å². The lowest BCUT2D eigenvalue weighted by atomic mass is 10.0. The molecule has 1 aromatic heterocycles. The number of carbonyl (C=O) groups excluding carboxylic acids is 1. The molecule has 22 heavy (non-hydrogen) atoms. The fourth-order valence-electron chi connectivity index (χ4n) is 2.29. The van der Waals surface area contributed by atoms with Crippen LogP contribution < -0.4 is 11.1 Å². The number of nitrogens with zero attached hydrogens (tertiary/aromatic N) is 3. The molecular formula is C16H23N5O. The van der Waals surface area contributed by atoms with Gasteiger partial charge in [-0.05, 0) is 5.56 Å². The van der Waals surface area contributed by atoms with Crippen molar-refractivity contribution in [1.82, 2.24) is 20.1 Å². The van der Waals surface area contributed by atoms with Crippen molar-refractivity contribution in [3.8, 4) is 0 Å². The number of amides is 1. The maximum absolute atomic E-state index is 11.9. The summed E-state index contributed by atoms with van der Waals surface area (Å²) in [6.07, 6.45) is 1.97. The zero-order chi connectivity index (χ0) is 15.9. The Morgan fingerprint density at radius 2 is 2.05 bits per heavy atom. The van der Waals surface area contributed by atoms with Crippen molar-refractivity contribution < 1.29 is 4.79 Å². The van der Waals surface area contributed by atoms with E-state index in [4.69, 9.17) is 5.73 Å². The molecule has 1 unspecified atom stereocenters. The van der Waals surface area contributed by atoms with Crippen molar-refractivity contribution in [3.05, 3.63) is 48.0 Å². The fraction of sp³-hybridized carbons (Fsp3) is 0.438. The molecule has 0 saturated carbocycles. The van der Waals surface area contributed by atoms with Gasteiger partial charge in [-0.2, -0.15) is 0 Å². The van der Waals surface area contributed by atoms with E-state index >= 15 is 0 Å². The van der Waals surface area contributed by atoms with Gasteiger partial charge in [0.05, 0.1) is 0 Å². The Bertz CT molecular complexity index is 594. The average Bonchev–Trinajstić information content (AvgIpc) is 2.97. The van der Waals surface area contributed by atoms with Crippen molar-refractivity contribution >= 4 is 5.91 Å². The van der Waals surface area contributed by atoms with Gasteiger partial charge in [-0.1, -0.05) is 44.2 Å². The molecule has 1 amide bonds. The number of aromatic nitrogens is 3. The number of benzene rings is 1. The predicted octanol–water partition coefficient (Wildman–Crippen LogP) is 1.61. The minimum atomic E-state index is -0.276. The van der Waals surface area contributed by atoms with Crippen molar-refractivity contribution in [1.29, 1.82) is 0 Å². The van der Waals surface area contributed by atoms with Crippen molar-refractivity contribution in [2.24, 2.45) is 5.73 Å². The molecule has 6 heteroatoms. The van der Waals surface area contributed by atoms with Crippen LogP contribution in [0.3, 0.4) is 0 Å². The lowest BCUT2D eigenvalue weighted by molar-refractivity contribution is -0.121. The first-order chi connectivity index (χ1) is 10.6. The number of nitrogens with two attached hydrogens (primary N) is 1. The Kier molecular flexibility index (Phi) is 5.66. The topological polar surface area (TPSA) is 85.8 Å². The second-order valence-corrected chi connectivity index (χ2v) is 5.61. The van der Waals surface area contributed by atoms with Crippen molar-refractivity contribution in [3.63, 3.8) is 0 Å². The Morgan fingerprint density at radius 1 is 1.32 bits per heavy atom. The number of carbonyl (C=O) groups is 1. The molecule has 3 N–H and O–H groups in total. The van der Waals surface area contributed by atoms with E-state index < -0.39 is 0 Å². The van der Waals surface area contributed by atoms with Gasteiger partial charge in [0.1, 0.15) is 12.2 Å². The van der Waals surface area contributed by atoms with E-state index in [0.717, 1.165) is 11.4 Å². The third-order valence-electron chi connectivity index (χ3n) is 3.47. The van der Waals surface area contributed by atoms with Crippen molar-refractivity contribution in [2.45, 2.75) is 38.8 Å². The largest absolute Gasteiger partial charge is 0.354 e. The smallest absolute Gasteiger partial charge is 0.221 e. The summed E-state index contributed by atoms with van der Waals surface area (Å²) >= 11 is 0. The lowest BCUT2D eigenvalue weighted by Gasteiger charge is -2.13. The molecule has 1 aromatic carbocycles. The van der Waals surface area contributed by atoms with E-state index in [0.29, 0.717) is 19.0 Å². The summed E-state index contributed by atoms with van der Waals surface area (Å²) in [7, 11) is 0. The molecule has 0 aliphatic rings. The van der Waals surface area contributed by atoms with E-state index in [9.17, 15) is 4.79 Å². The van der Waals surface area contributed by atoms with Crippen LogP contribution in [0, 0.1) is 0 Å². The molecule has 0 aliphatic heterocycles. The van der Waals surface area contributed by atoms with Crippen LogP contribution >= 0.6 is 0 Å². The fourth-order valence-corrected chi connectivity index (χ4v) is 2.29. The second-order valence-electron chi connectivity index (χ2n) is 5.61. The van der Waals surface area contributed by atoms with Crippen LogP contribution in [-0.4, -0.2) is 27.2 Å². The molecule has 118 valence electrons. The molecule has 0 saturated heterocycles. The van der Waals surface area contributed by atoms with Gasteiger partial charge < -0.3 is 15.6 Å². The molecule has 0 spiro atoms. The zero-order valence-corrected chi connectivity index (χ0v) is 13.1. The van der Waals surface area contributed by atoms with E-state index in [1.807, 2.05) is 34.9 Å². The highest BCUT2D eigenvalue weighted by atomic mass is 16.1. The van der Waals surface area contributed by atoms with Crippen LogP contribution in [0.2, 0.25) is 0 Å². The molecule has 6 nitrogen and oxygen atoms in total. The molecule has 0 bridgehead atoms. The Labute approximate surface area is 130 Å². The summed E-state index contributed by atoms with van der Waals surface area (Å²) in [5.74, 6) is 1.19. The average molecular weight is 301 g/mol. The SMILES string of the molecule is CC(C)c1nncn1CCNC(=O)CC(N)c1ccccc1. The first-order valence-corrected chi connectivity index (χ1v) is 7.53. The molecule has 0 fully saturated rings. The quantitative estimate of drug-likeness (QED) is 0.813. The lowest BCUT2D eigenvalue weighted by Crippen LogP contribution is -2.30. The Balaban J connectivity index is 1.77. The van der Waals surface area contributed by atoms with Gasteiger partial charge in [0.2, 0.25) is 5.91 Å². The van der Waals surface area contributed by atoms with Crippen LogP contribution in [0.1, 0.15) is 43.6 Å². The maximum Gasteiger partial charge on any atom is 0.221 e. The third-order valence-corrected chi connectivity index (χ3v) is 3.47. The molecular weight excluding hydrogens is 278 g/mol. The van der Waals surface area contributed by atoms with E-state index in [1.54, 1.807) is 6.33 Å². The molecule has 2 aromatic rings. The van der Waals surface area contributed by atoms with Gasteiger partial charge in [0.15, 0.2) is 0 Å². The van der Waals surface area contributed by atoms with E-state index in [1.165, 1.54) is 0 Å². The van der Waals surface area contributed by atoms with Gasteiger partial charge in [-0.25, -0.2) is 0 Å². The third kappa shape index (κ3) is 4.39. The zero-order valence-electron chi connectivity index (χ0n) is 13.1. The Morgan fingerprint density at radius 3 is 2.73 bits per heavy atom. The monoisotopic (exact) mass is 301 g/mol. The summed E-state index contributed by atoms with van der Waals surface area (Å²) in [5, 5.41) is 10.9. The molecule has 2 rings (SSSR count). The van der Waals surface area contributed by atoms with Gasteiger partial charge in [-0.15, -0.1) is 10.2 Å². The molecule has 0 aliphatic carbocycles. The van der Waals surface area contributed by atoms with Crippen LogP contribution in [0.25, 0.3) is 0 Å². The number of hydrogen-bond acceptors (Lipinski definition) is 4. The van der Waals surface area contributed by atoms with Crippen LogP contribution in [0.4, 0.5) is 0 Å². The highest BCUT2D eigenvalue weighted by Crippen LogP contribution is 2.13. The summed E-state index contributed by atoms with van der Waals surface area (Å²) in [6, 6.07) is 9.37. The first kappa shape index (κ1) is 16.2. The Hall–Kier alpha value is -2.21. The summed E-state index contributed by atoms with van der Waals surface area (Å²) < 4.78 is 1.96. The highest BCUT2D eigenvalue weighted by Gasteiger charge is 2.12. The summed E-state index contributed by atoms with van der Waals surface area (Å²) in [4.78, 5) is 11.9. The normalized spacial score (nSPS) is 12.4. The van der Waals surface area contributed by atoms with Crippen LogP contribution in [0.5, 0.6) is 0 Å². The minimum absolute atomic E-state index is 0.0458. The minimum Gasteiger partial charge on any atom is -0.354 e. The van der Waals surface area contributed by atoms with Gasteiger partial charge in [0.25, 0.3) is 0 Å². The predicted molar refractivity (Wildman–Crippen MR) is 85.1 cm³/mol.